The summed E-state index contributed by atoms with van der Waals surface area (Å²) in [5, 5.41) is 0. The Morgan fingerprint density at radius 1 is 1.25 bits per heavy atom. The highest BCUT2D eigenvalue weighted by Crippen LogP contribution is 2.26. The summed E-state index contributed by atoms with van der Waals surface area (Å²) >= 11 is 0. The van der Waals surface area contributed by atoms with Crippen LogP contribution in [0.1, 0.15) is 44.5 Å². The summed E-state index contributed by atoms with van der Waals surface area (Å²) in [5.74, 6) is 0. The SMILES string of the molecule is Cc1nc2ccc(N)cn2c1CN1C(C)CCCC1C. The van der Waals surface area contributed by atoms with E-state index in [0.717, 1.165) is 23.6 Å². The van der Waals surface area contributed by atoms with Crippen molar-refractivity contribution in [1.82, 2.24) is 14.3 Å². The minimum Gasteiger partial charge on any atom is -0.398 e. The van der Waals surface area contributed by atoms with Crippen LogP contribution in [0, 0.1) is 6.92 Å². The molecule has 2 unspecified atom stereocenters. The second-order valence-corrected chi connectivity index (χ2v) is 6.14. The number of nitrogen functional groups attached to an aromatic ring is 1. The van der Waals surface area contributed by atoms with Gasteiger partial charge in [0.1, 0.15) is 5.65 Å². The first-order chi connectivity index (χ1) is 9.56. The smallest absolute Gasteiger partial charge is 0.137 e. The largest absolute Gasteiger partial charge is 0.398 e. The quantitative estimate of drug-likeness (QED) is 0.914. The summed E-state index contributed by atoms with van der Waals surface area (Å²) in [6.45, 7) is 7.72. The molecule has 1 saturated heterocycles. The molecule has 2 aromatic heterocycles. The summed E-state index contributed by atoms with van der Waals surface area (Å²) < 4.78 is 2.15. The third-order valence-electron chi connectivity index (χ3n) is 4.65. The summed E-state index contributed by atoms with van der Waals surface area (Å²) in [7, 11) is 0. The van der Waals surface area contributed by atoms with Crippen LogP contribution in [0.2, 0.25) is 0 Å². The number of anilines is 1. The molecule has 3 heterocycles. The van der Waals surface area contributed by atoms with Gasteiger partial charge < -0.3 is 10.1 Å². The number of imidazole rings is 1. The number of pyridine rings is 1. The zero-order chi connectivity index (χ0) is 14.3. The van der Waals surface area contributed by atoms with Crippen molar-refractivity contribution in [3.8, 4) is 0 Å². The van der Waals surface area contributed by atoms with E-state index in [0.29, 0.717) is 12.1 Å². The van der Waals surface area contributed by atoms with Crippen LogP contribution in [0.4, 0.5) is 5.69 Å². The lowest BCUT2D eigenvalue weighted by Crippen LogP contribution is -2.43. The van der Waals surface area contributed by atoms with Gasteiger partial charge in [-0.15, -0.1) is 0 Å². The van der Waals surface area contributed by atoms with Crippen molar-refractivity contribution < 1.29 is 0 Å². The van der Waals surface area contributed by atoms with E-state index >= 15 is 0 Å². The van der Waals surface area contributed by atoms with Crippen molar-refractivity contribution >= 4 is 11.3 Å². The Bertz CT molecular complexity index is 606. The molecule has 0 amide bonds. The topological polar surface area (TPSA) is 46.6 Å². The van der Waals surface area contributed by atoms with Crippen molar-refractivity contribution in [1.29, 1.82) is 0 Å². The predicted molar refractivity (Wildman–Crippen MR) is 82.7 cm³/mol. The van der Waals surface area contributed by atoms with Crippen molar-refractivity contribution in [3.05, 3.63) is 29.7 Å². The van der Waals surface area contributed by atoms with Crippen LogP contribution in [0.25, 0.3) is 5.65 Å². The molecule has 0 spiro atoms. The first kappa shape index (κ1) is 13.4. The number of hydrogen-bond acceptors (Lipinski definition) is 3. The number of fused-ring (bicyclic) bond motifs is 1. The molecule has 2 atom stereocenters. The van der Waals surface area contributed by atoms with Gasteiger partial charge in [-0.2, -0.15) is 0 Å². The fourth-order valence-corrected chi connectivity index (χ4v) is 3.38. The lowest BCUT2D eigenvalue weighted by Gasteiger charge is -2.38. The van der Waals surface area contributed by atoms with E-state index in [1.807, 2.05) is 18.3 Å². The van der Waals surface area contributed by atoms with E-state index < -0.39 is 0 Å². The molecule has 0 radical (unpaired) electrons. The van der Waals surface area contributed by atoms with E-state index in [1.54, 1.807) is 0 Å². The highest BCUT2D eigenvalue weighted by atomic mass is 15.2. The van der Waals surface area contributed by atoms with Crippen LogP contribution < -0.4 is 5.73 Å². The van der Waals surface area contributed by atoms with Gasteiger partial charge in [0.05, 0.1) is 11.4 Å². The van der Waals surface area contributed by atoms with E-state index in [-0.39, 0.29) is 0 Å². The van der Waals surface area contributed by atoms with Crippen molar-refractivity contribution in [2.24, 2.45) is 0 Å². The van der Waals surface area contributed by atoms with Gasteiger partial charge in [0.15, 0.2) is 0 Å². The molecule has 108 valence electrons. The van der Waals surface area contributed by atoms with E-state index in [1.165, 1.54) is 25.0 Å². The molecule has 2 aromatic rings. The van der Waals surface area contributed by atoms with Crippen LogP contribution in [0.15, 0.2) is 18.3 Å². The molecule has 3 rings (SSSR count). The first-order valence-corrected chi connectivity index (χ1v) is 7.55. The van der Waals surface area contributed by atoms with Crippen LogP contribution >= 0.6 is 0 Å². The zero-order valence-electron chi connectivity index (χ0n) is 12.6. The fourth-order valence-electron chi connectivity index (χ4n) is 3.38. The normalized spacial score (nSPS) is 24.4. The minimum atomic E-state index is 0.643. The molecule has 0 saturated carbocycles. The molecule has 0 bridgehead atoms. The average molecular weight is 272 g/mol. The third kappa shape index (κ3) is 2.29. The Morgan fingerprint density at radius 3 is 2.65 bits per heavy atom. The molecule has 4 heteroatoms. The Hall–Kier alpha value is -1.55. The number of aryl methyl sites for hydroxylation is 1. The summed E-state index contributed by atoms with van der Waals surface area (Å²) in [6.07, 6.45) is 5.92. The van der Waals surface area contributed by atoms with Crippen molar-refractivity contribution in [3.63, 3.8) is 0 Å². The number of nitrogens with zero attached hydrogens (tertiary/aromatic N) is 3. The summed E-state index contributed by atoms with van der Waals surface area (Å²) in [5.41, 5.74) is 10.1. The molecular formula is C16H24N4. The molecule has 4 nitrogen and oxygen atoms in total. The lowest BCUT2D eigenvalue weighted by molar-refractivity contribution is 0.0933. The Balaban J connectivity index is 1.97. The molecule has 0 aliphatic carbocycles. The molecule has 2 N–H and O–H groups in total. The van der Waals surface area contributed by atoms with Gasteiger partial charge >= 0.3 is 0 Å². The van der Waals surface area contributed by atoms with Gasteiger partial charge in [-0.3, -0.25) is 4.90 Å². The number of hydrogen-bond donors (Lipinski definition) is 1. The first-order valence-electron chi connectivity index (χ1n) is 7.55. The third-order valence-corrected chi connectivity index (χ3v) is 4.65. The maximum Gasteiger partial charge on any atom is 0.137 e. The number of likely N-dealkylation sites (tertiary alicyclic amines) is 1. The average Bonchev–Trinajstić information content (AvgIpc) is 2.70. The highest BCUT2D eigenvalue weighted by Gasteiger charge is 2.26. The van der Waals surface area contributed by atoms with Crippen LogP contribution in [0.3, 0.4) is 0 Å². The number of aromatic nitrogens is 2. The Kier molecular flexibility index (Phi) is 3.42. The maximum atomic E-state index is 5.93. The monoisotopic (exact) mass is 272 g/mol. The van der Waals surface area contributed by atoms with Crippen molar-refractivity contribution in [2.75, 3.05) is 5.73 Å². The van der Waals surface area contributed by atoms with Gasteiger partial charge in [0.25, 0.3) is 0 Å². The van der Waals surface area contributed by atoms with Gasteiger partial charge in [0.2, 0.25) is 0 Å². The van der Waals surface area contributed by atoms with Crippen LogP contribution in [-0.2, 0) is 6.54 Å². The highest BCUT2D eigenvalue weighted by molar-refractivity contribution is 5.50. The molecule has 1 aliphatic heterocycles. The number of piperidine rings is 1. The van der Waals surface area contributed by atoms with E-state index in [2.05, 4.69) is 35.1 Å². The van der Waals surface area contributed by atoms with Gasteiger partial charge in [-0.25, -0.2) is 4.98 Å². The second kappa shape index (κ2) is 5.09. The molecular weight excluding hydrogens is 248 g/mol. The number of rotatable bonds is 2. The molecule has 1 fully saturated rings. The molecule has 20 heavy (non-hydrogen) atoms. The molecule has 1 aliphatic rings. The standard InChI is InChI=1S/C16H24N4/c1-11-5-4-6-12(2)19(11)10-15-13(3)18-16-8-7-14(17)9-20(15)16/h7-9,11-12H,4-6,10,17H2,1-3H3. The van der Waals surface area contributed by atoms with E-state index in [4.69, 9.17) is 5.73 Å². The second-order valence-electron chi connectivity index (χ2n) is 6.14. The summed E-state index contributed by atoms with van der Waals surface area (Å²) in [4.78, 5) is 7.25. The van der Waals surface area contributed by atoms with Crippen LogP contribution in [-0.4, -0.2) is 26.4 Å². The van der Waals surface area contributed by atoms with Gasteiger partial charge in [0, 0.05) is 30.5 Å². The predicted octanol–water partition coefficient (Wildman–Crippen LogP) is 2.99. The molecule has 0 aromatic carbocycles. The Morgan fingerprint density at radius 2 is 1.95 bits per heavy atom. The van der Waals surface area contributed by atoms with E-state index in [9.17, 15) is 0 Å². The van der Waals surface area contributed by atoms with Crippen LogP contribution in [0.5, 0.6) is 0 Å². The van der Waals surface area contributed by atoms with Gasteiger partial charge in [-0.05, 0) is 45.7 Å². The zero-order valence-corrected chi connectivity index (χ0v) is 12.6. The Labute approximate surface area is 120 Å². The fraction of sp³-hybridized carbons (Fsp3) is 0.562. The minimum absolute atomic E-state index is 0.643. The van der Waals surface area contributed by atoms with Crippen molar-refractivity contribution in [2.45, 2.75) is 58.7 Å². The lowest BCUT2D eigenvalue weighted by atomic mass is 9.97. The maximum absolute atomic E-state index is 5.93. The number of nitrogens with two attached hydrogens (primary N) is 1. The van der Waals surface area contributed by atoms with Gasteiger partial charge in [-0.1, -0.05) is 6.42 Å². The summed E-state index contributed by atoms with van der Waals surface area (Å²) in [6, 6.07) is 5.20.